The molecule has 6 heteroatoms. The smallest absolute Gasteiger partial charge is 0.325 e. The molecule has 118 valence electrons. The zero-order valence-corrected chi connectivity index (χ0v) is 13.6. The SMILES string of the molecule is CCCN(CC(=O)OCC)c1ccc(S(=O)(=O)CC)cc1. The van der Waals surface area contributed by atoms with Crippen molar-refractivity contribution in [3.63, 3.8) is 0 Å². The van der Waals surface area contributed by atoms with Gasteiger partial charge in [0.1, 0.15) is 6.54 Å². The van der Waals surface area contributed by atoms with Crippen molar-refractivity contribution in [3.8, 4) is 0 Å². The van der Waals surface area contributed by atoms with Crippen LogP contribution >= 0.6 is 0 Å². The van der Waals surface area contributed by atoms with Crippen LogP contribution in [0.15, 0.2) is 29.2 Å². The Morgan fingerprint density at radius 3 is 2.24 bits per heavy atom. The molecule has 0 saturated carbocycles. The summed E-state index contributed by atoms with van der Waals surface area (Å²) in [6.07, 6.45) is 0.883. The Balaban J connectivity index is 2.91. The molecule has 21 heavy (non-hydrogen) atoms. The second-order valence-corrected chi connectivity index (χ2v) is 6.90. The molecule has 1 aromatic carbocycles. The van der Waals surface area contributed by atoms with Gasteiger partial charge in [-0.1, -0.05) is 13.8 Å². The fourth-order valence-corrected chi connectivity index (χ4v) is 2.85. The van der Waals surface area contributed by atoms with Crippen LogP contribution in [-0.4, -0.2) is 39.8 Å². The molecule has 0 radical (unpaired) electrons. The first-order valence-corrected chi connectivity index (χ1v) is 8.83. The lowest BCUT2D eigenvalue weighted by atomic mass is 10.2. The van der Waals surface area contributed by atoms with E-state index in [-0.39, 0.29) is 18.3 Å². The van der Waals surface area contributed by atoms with Crippen molar-refractivity contribution in [1.82, 2.24) is 0 Å². The summed E-state index contributed by atoms with van der Waals surface area (Å²) in [5.41, 5.74) is 0.819. The first-order chi connectivity index (χ1) is 9.94. The minimum atomic E-state index is -3.19. The molecule has 0 saturated heterocycles. The van der Waals surface area contributed by atoms with Gasteiger partial charge >= 0.3 is 5.97 Å². The van der Waals surface area contributed by atoms with Crippen molar-refractivity contribution in [2.75, 3.05) is 30.3 Å². The summed E-state index contributed by atoms with van der Waals surface area (Å²) < 4.78 is 28.5. The Labute approximate surface area is 126 Å². The topological polar surface area (TPSA) is 63.7 Å². The zero-order chi connectivity index (χ0) is 15.9. The highest BCUT2D eigenvalue weighted by molar-refractivity contribution is 7.91. The average Bonchev–Trinajstić information content (AvgIpc) is 2.47. The molecule has 1 aromatic rings. The number of hydrogen-bond acceptors (Lipinski definition) is 5. The Morgan fingerprint density at radius 1 is 1.14 bits per heavy atom. The standard InChI is InChI=1S/C15H23NO4S/c1-4-11-16(12-15(17)20-5-2)13-7-9-14(10-8-13)21(18,19)6-3/h7-10H,4-6,11-12H2,1-3H3. The van der Waals surface area contributed by atoms with E-state index >= 15 is 0 Å². The number of nitrogens with zero attached hydrogens (tertiary/aromatic N) is 1. The summed E-state index contributed by atoms with van der Waals surface area (Å²) in [4.78, 5) is 13.8. The Hall–Kier alpha value is -1.56. The lowest BCUT2D eigenvalue weighted by Crippen LogP contribution is -2.31. The predicted molar refractivity (Wildman–Crippen MR) is 83.3 cm³/mol. The van der Waals surface area contributed by atoms with Gasteiger partial charge in [-0.2, -0.15) is 0 Å². The van der Waals surface area contributed by atoms with Crippen molar-refractivity contribution in [2.45, 2.75) is 32.1 Å². The second kappa shape index (κ2) is 8.02. The van der Waals surface area contributed by atoms with Gasteiger partial charge in [-0.3, -0.25) is 4.79 Å². The van der Waals surface area contributed by atoms with Gasteiger partial charge in [0.2, 0.25) is 0 Å². The molecule has 0 aliphatic rings. The minimum absolute atomic E-state index is 0.0772. The Bertz CT molecular complexity index is 552. The van der Waals surface area contributed by atoms with E-state index in [2.05, 4.69) is 0 Å². The van der Waals surface area contributed by atoms with Crippen LogP contribution in [-0.2, 0) is 19.4 Å². The van der Waals surface area contributed by atoms with E-state index in [9.17, 15) is 13.2 Å². The number of anilines is 1. The molecule has 0 N–H and O–H groups in total. The monoisotopic (exact) mass is 313 g/mol. The van der Waals surface area contributed by atoms with Crippen LogP contribution in [0.25, 0.3) is 0 Å². The van der Waals surface area contributed by atoms with Crippen molar-refractivity contribution in [2.24, 2.45) is 0 Å². The molecule has 5 nitrogen and oxygen atoms in total. The quantitative estimate of drug-likeness (QED) is 0.689. The number of hydrogen-bond donors (Lipinski definition) is 0. The third kappa shape index (κ3) is 5.04. The van der Waals surface area contributed by atoms with Crippen LogP contribution in [0.2, 0.25) is 0 Å². The highest BCUT2D eigenvalue weighted by atomic mass is 32.2. The number of carbonyl (C=O) groups excluding carboxylic acids is 1. The van der Waals surface area contributed by atoms with Gasteiger partial charge in [0, 0.05) is 12.2 Å². The molecule has 0 spiro atoms. The summed E-state index contributed by atoms with van der Waals surface area (Å²) in [5.74, 6) is -0.204. The van der Waals surface area contributed by atoms with E-state index in [1.807, 2.05) is 11.8 Å². The molecule has 0 fully saturated rings. The summed E-state index contributed by atoms with van der Waals surface area (Å²) in [5, 5.41) is 0. The third-order valence-electron chi connectivity index (χ3n) is 3.06. The molecule has 0 heterocycles. The lowest BCUT2D eigenvalue weighted by molar-refractivity contribution is -0.141. The Kier molecular flexibility index (Phi) is 6.68. The molecule has 1 rings (SSSR count). The maximum absolute atomic E-state index is 11.8. The molecular weight excluding hydrogens is 290 g/mol. The van der Waals surface area contributed by atoms with Gasteiger partial charge in [0.05, 0.1) is 17.3 Å². The molecule has 0 aliphatic heterocycles. The van der Waals surface area contributed by atoms with E-state index in [0.717, 1.165) is 12.1 Å². The van der Waals surface area contributed by atoms with Crippen molar-refractivity contribution >= 4 is 21.5 Å². The fraction of sp³-hybridized carbons (Fsp3) is 0.533. The van der Waals surface area contributed by atoms with Crippen LogP contribution in [0.3, 0.4) is 0 Å². The normalized spacial score (nSPS) is 11.2. The second-order valence-electron chi connectivity index (χ2n) is 4.62. The fourth-order valence-electron chi connectivity index (χ4n) is 1.96. The number of rotatable bonds is 8. The van der Waals surface area contributed by atoms with Crippen LogP contribution in [0.5, 0.6) is 0 Å². The van der Waals surface area contributed by atoms with Crippen LogP contribution in [0, 0.1) is 0 Å². The third-order valence-corrected chi connectivity index (χ3v) is 4.81. The van der Waals surface area contributed by atoms with Crippen LogP contribution in [0.1, 0.15) is 27.2 Å². The number of ether oxygens (including phenoxy) is 1. The van der Waals surface area contributed by atoms with E-state index in [1.165, 1.54) is 0 Å². The molecule has 0 bridgehead atoms. The average molecular weight is 313 g/mol. The predicted octanol–water partition coefficient (Wildman–Crippen LogP) is 2.26. The highest BCUT2D eigenvalue weighted by Gasteiger charge is 2.14. The summed E-state index contributed by atoms with van der Waals surface area (Å²) in [6, 6.07) is 6.64. The Morgan fingerprint density at radius 2 is 1.76 bits per heavy atom. The van der Waals surface area contributed by atoms with Crippen LogP contribution < -0.4 is 4.90 Å². The van der Waals surface area contributed by atoms with Gasteiger partial charge in [-0.05, 0) is 37.6 Å². The van der Waals surface area contributed by atoms with Gasteiger partial charge in [0.25, 0.3) is 0 Å². The number of sulfone groups is 1. The maximum Gasteiger partial charge on any atom is 0.325 e. The van der Waals surface area contributed by atoms with Gasteiger partial charge in [-0.25, -0.2) is 8.42 Å². The van der Waals surface area contributed by atoms with E-state index in [1.54, 1.807) is 38.1 Å². The summed E-state index contributed by atoms with van der Waals surface area (Å²) in [6.45, 7) is 6.64. The van der Waals surface area contributed by atoms with Crippen molar-refractivity contribution < 1.29 is 17.9 Å². The summed E-state index contributed by atoms with van der Waals surface area (Å²) in [7, 11) is -3.19. The van der Waals surface area contributed by atoms with Gasteiger partial charge in [0.15, 0.2) is 9.84 Å². The number of benzene rings is 1. The first-order valence-electron chi connectivity index (χ1n) is 7.18. The van der Waals surface area contributed by atoms with E-state index < -0.39 is 9.84 Å². The molecule has 0 aromatic heterocycles. The van der Waals surface area contributed by atoms with Gasteiger partial charge in [-0.15, -0.1) is 0 Å². The minimum Gasteiger partial charge on any atom is -0.465 e. The van der Waals surface area contributed by atoms with E-state index in [0.29, 0.717) is 18.0 Å². The van der Waals surface area contributed by atoms with E-state index in [4.69, 9.17) is 4.74 Å². The molecular formula is C15H23NO4S. The molecule has 0 amide bonds. The maximum atomic E-state index is 11.8. The lowest BCUT2D eigenvalue weighted by Gasteiger charge is -2.23. The van der Waals surface area contributed by atoms with Crippen LogP contribution in [0.4, 0.5) is 5.69 Å². The largest absolute Gasteiger partial charge is 0.465 e. The van der Waals surface area contributed by atoms with Crippen molar-refractivity contribution in [1.29, 1.82) is 0 Å². The summed E-state index contributed by atoms with van der Waals surface area (Å²) >= 11 is 0. The van der Waals surface area contributed by atoms with Crippen molar-refractivity contribution in [3.05, 3.63) is 24.3 Å². The number of carbonyl (C=O) groups is 1. The number of esters is 1. The molecule has 0 atom stereocenters. The zero-order valence-electron chi connectivity index (χ0n) is 12.8. The molecule has 0 aliphatic carbocycles. The molecule has 0 unspecified atom stereocenters. The van der Waals surface area contributed by atoms with Gasteiger partial charge < -0.3 is 9.64 Å². The first kappa shape index (κ1) is 17.5. The highest BCUT2D eigenvalue weighted by Crippen LogP contribution is 2.19.